The molecule has 0 spiro atoms. The van der Waals surface area contributed by atoms with Crippen molar-refractivity contribution >= 4 is 27.5 Å². The van der Waals surface area contributed by atoms with Crippen LogP contribution >= 0.6 is 11.6 Å². The van der Waals surface area contributed by atoms with Crippen LogP contribution in [0.15, 0.2) is 66.1 Å². The quantitative estimate of drug-likeness (QED) is 0.677. The van der Waals surface area contributed by atoms with Gasteiger partial charge in [0.2, 0.25) is 10.0 Å². The Hall–Kier alpha value is -2.15. The van der Waals surface area contributed by atoms with Crippen molar-refractivity contribution in [3.05, 3.63) is 77.3 Å². The van der Waals surface area contributed by atoms with Crippen LogP contribution in [0.1, 0.15) is 29.8 Å². The number of nitrogens with zero attached hydrogens (tertiary/aromatic N) is 1. The summed E-state index contributed by atoms with van der Waals surface area (Å²) in [5.41, 5.74) is 1.09. The molecular formula is C20H23ClN2O3S. The Morgan fingerprint density at radius 3 is 2.48 bits per heavy atom. The van der Waals surface area contributed by atoms with Gasteiger partial charge in [-0.05, 0) is 37.6 Å². The first-order chi connectivity index (χ1) is 12.7. The summed E-state index contributed by atoms with van der Waals surface area (Å²) in [5, 5.41) is 0.200. The molecule has 27 heavy (non-hydrogen) atoms. The van der Waals surface area contributed by atoms with Crippen molar-refractivity contribution in [1.29, 1.82) is 0 Å². The van der Waals surface area contributed by atoms with Crippen LogP contribution in [0, 0.1) is 0 Å². The first kappa shape index (κ1) is 21.2. The summed E-state index contributed by atoms with van der Waals surface area (Å²) in [6.45, 7) is 7.83. The average molecular weight is 407 g/mol. The predicted molar refractivity (Wildman–Crippen MR) is 108 cm³/mol. The number of hydrogen-bond donors (Lipinski definition) is 1. The van der Waals surface area contributed by atoms with Crippen molar-refractivity contribution in [1.82, 2.24) is 9.62 Å². The Balaban J connectivity index is 2.37. The number of benzene rings is 2. The van der Waals surface area contributed by atoms with Gasteiger partial charge in [-0.15, -0.1) is 6.58 Å². The highest BCUT2D eigenvalue weighted by Gasteiger charge is 2.22. The van der Waals surface area contributed by atoms with E-state index < -0.39 is 10.0 Å². The van der Waals surface area contributed by atoms with Crippen LogP contribution in [0.25, 0.3) is 0 Å². The van der Waals surface area contributed by atoms with Gasteiger partial charge in [0.05, 0.1) is 15.5 Å². The molecule has 1 N–H and O–H groups in total. The first-order valence-electron chi connectivity index (χ1n) is 8.50. The molecule has 0 saturated carbocycles. The van der Waals surface area contributed by atoms with Gasteiger partial charge in [0, 0.05) is 19.1 Å². The van der Waals surface area contributed by atoms with Crippen LogP contribution in [-0.2, 0) is 16.6 Å². The van der Waals surface area contributed by atoms with Gasteiger partial charge < -0.3 is 4.90 Å². The van der Waals surface area contributed by atoms with Crippen molar-refractivity contribution in [2.45, 2.75) is 31.3 Å². The molecule has 0 saturated heterocycles. The largest absolute Gasteiger partial charge is 0.331 e. The van der Waals surface area contributed by atoms with Crippen molar-refractivity contribution < 1.29 is 13.2 Å². The van der Waals surface area contributed by atoms with Crippen LogP contribution < -0.4 is 4.72 Å². The molecule has 0 unspecified atom stereocenters. The summed E-state index contributed by atoms with van der Waals surface area (Å²) >= 11 is 6.21. The minimum atomic E-state index is -3.73. The van der Waals surface area contributed by atoms with Crippen LogP contribution in [0.3, 0.4) is 0 Å². The lowest BCUT2D eigenvalue weighted by Crippen LogP contribution is -2.32. The van der Waals surface area contributed by atoms with E-state index in [0.29, 0.717) is 13.1 Å². The minimum absolute atomic E-state index is 0.00205. The fourth-order valence-electron chi connectivity index (χ4n) is 2.56. The molecule has 0 aliphatic rings. The second kappa shape index (κ2) is 9.17. The van der Waals surface area contributed by atoms with E-state index >= 15 is 0 Å². The van der Waals surface area contributed by atoms with Gasteiger partial charge in [-0.1, -0.05) is 48.0 Å². The number of hydrogen-bond acceptors (Lipinski definition) is 3. The van der Waals surface area contributed by atoms with Crippen molar-refractivity contribution in [3.8, 4) is 0 Å². The van der Waals surface area contributed by atoms with E-state index in [1.165, 1.54) is 18.2 Å². The number of carbonyl (C=O) groups is 1. The lowest BCUT2D eigenvalue weighted by atomic mass is 10.1. The zero-order valence-electron chi connectivity index (χ0n) is 15.4. The monoisotopic (exact) mass is 406 g/mol. The van der Waals surface area contributed by atoms with Crippen LogP contribution in [-0.4, -0.2) is 31.8 Å². The van der Waals surface area contributed by atoms with Gasteiger partial charge in [-0.2, -0.15) is 0 Å². The molecule has 2 aromatic carbocycles. The SMILES string of the molecule is C=CCN(Cc1ccccc1)C(=O)c1cc(S(=O)(=O)NC(C)C)ccc1Cl. The van der Waals surface area contributed by atoms with Crippen molar-refractivity contribution in [2.24, 2.45) is 0 Å². The molecule has 7 heteroatoms. The van der Waals surface area contributed by atoms with E-state index in [4.69, 9.17) is 11.6 Å². The summed E-state index contributed by atoms with van der Waals surface area (Å²) in [6, 6.07) is 13.4. The fraction of sp³-hybridized carbons (Fsp3) is 0.250. The van der Waals surface area contributed by atoms with Gasteiger partial charge in [0.15, 0.2) is 0 Å². The molecule has 0 aliphatic heterocycles. The minimum Gasteiger partial charge on any atom is -0.331 e. The highest BCUT2D eigenvalue weighted by atomic mass is 35.5. The van der Waals surface area contributed by atoms with Gasteiger partial charge in [0.1, 0.15) is 0 Å². The average Bonchev–Trinajstić information content (AvgIpc) is 2.61. The van der Waals surface area contributed by atoms with E-state index in [1.54, 1.807) is 24.8 Å². The summed E-state index contributed by atoms with van der Waals surface area (Å²) < 4.78 is 27.3. The van der Waals surface area contributed by atoms with Crippen molar-refractivity contribution in [3.63, 3.8) is 0 Å². The van der Waals surface area contributed by atoms with E-state index in [0.717, 1.165) is 5.56 Å². The zero-order valence-corrected chi connectivity index (χ0v) is 16.9. The van der Waals surface area contributed by atoms with Gasteiger partial charge in [-0.3, -0.25) is 4.79 Å². The first-order valence-corrected chi connectivity index (χ1v) is 10.4. The molecule has 2 rings (SSSR count). The number of amides is 1. The molecule has 0 radical (unpaired) electrons. The third kappa shape index (κ3) is 5.66. The smallest absolute Gasteiger partial charge is 0.255 e. The molecule has 0 aliphatic carbocycles. The number of rotatable bonds is 8. The third-order valence-electron chi connectivity index (χ3n) is 3.72. The number of halogens is 1. The molecule has 144 valence electrons. The van der Waals surface area contributed by atoms with Gasteiger partial charge in [0.25, 0.3) is 5.91 Å². The molecule has 0 aromatic heterocycles. The maximum atomic E-state index is 13.0. The van der Waals surface area contributed by atoms with Gasteiger partial charge in [-0.25, -0.2) is 13.1 Å². The molecule has 5 nitrogen and oxygen atoms in total. The van der Waals surface area contributed by atoms with E-state index in [-0.39, 0.29) is 27.4 Å². The summed E-state index contributed by atoms with van der Waals surface area (Å²) in [6.07, 6.45) is 1.62. The highest BCUT2D eigenvalue weighted by Crippen LogP contribution is 2.23. The molecule has 0 heterocycles. The van der Waals surface area contributed by atoms with E-state index in [9.17, 15) is 13.2 Å². The molecule has 0 bridgehead atoms. The lowest BCUT2D eigenvalue weighted by Gasteiger charge is -2.22. The van der Waals surface area contributed by atoms with E-state index in [2.05, 4.69) is 11.3 Å². The molecule has 2 aromatic rings. The van der Waals surface area contributed by atoms with Crippen LogP contribution in [0.4, 0.5) is 0 Å². The Bertz CT molecular complexity index is 912. The van der Waals surface area contributed by atoms with Crippen molar-refractivity contribution in [2.75, 3.05) is 6.54 Å². The number of sulfonamides is 1. The zero-order chi connectivity index (χ0) is 20.0. The number of carbonyl (C=O) groups excluding carboxylic acids is 1. The Morgan fingerprint density at radius 2 is 1.89 bits per heavy atom. The highest BCUT2D eigenvalue weighted by molar-refractivity contribution is 7.89. The van der Waals surface area contributed by atoms with Gasteiger partial charge >= 0.3 is 0 Å². The molecule has 1 amide bonds. The summed E-state index contributed by atoms with van der Waals surface area (Å²) in [7, 11) is -3.73. The Kier molecular flexibility index (Phi) is 7.18. The normalized spacial score (nSPS) is 11.4. The third-order valence-corrected chi connectivity index (χ3v) is 5.71. The lowest BCUT2D eigenvalue weighted by molar-refractivity contribution is 0.0762. The number of nitrogens with one attached hydrogen (secondary N) is 1. The Labute approximate surface area is 165 Å². The second-order valence-corrected chi connectivity index (χ2v) is 8.50. The second-order valence-electron chi connectivity index (χ2n) is 6.38. The molecular weight excluding hydrogens is 384 g/mol. The molecule has 0 atom stereocenters. The van der Waals surface area contributed by atoms with E-state index in [1.807, 2.05) is 30.3 Å². The maximum Gasteiger partial charge on any atom is 0.255 e. The summed E-state index contributed by atoms with van der Waals surface area (Å²) in [4.78, 5) is 14.6. The predicted octanol–water partition coefficient (Wildman–Crippen LogP) is 3.86. The standard InChI is InChI=1S/C20H23ClN2O3S/c1-4-12-23(14-16-8-6-5-7-9-16)20(24)18-13-17(10-11-19(18)21)27(25,26)22-15(2)3/h4-11,13,15,22H,1,12,14H2,2-3H3. The maximum absolute atomic E-state index is 13.0. The van der Waals surface area contributed by atoms with Crippen LogP contribution in [0.5, 0.6) is 0 Å². The fourth-order valence-corrected chi connectivity index (χ4v) is 4.04. The topological polar surface area (TPSA) is 66.5 Å². The van der Waals surface area contributed by atoms with Crippen LogP contribution in [0.2, 0.25) is 5.02 Å². The summed E-state index contributed by atoms with van der Waals surface area (Å²) in [5.74, 6) is -0.356. The Morgan fingerprint density at radius 1 is 1.22 bits per heavy atom. The molecule has 0 fully saturated rings.